The van der Waals surface area contributed by atoms with Crippen molar-refractivity contribution in [1.29, 1.82) is 0 Å². The molecule has 27 heavy (non-hydrogen) atoms. The van der Waals surface area contributed by atoms with Crippen molar-refractivity contribution >= 4 is 14.9 Å². The lowest BCUT2D eigenvalue weighted by Crippen LogP contribution is -2.57. The van der Waals surface area contributed by atoms with Crippen LogP contribution in [0.25, 0.3) is 0 Å². The predicted molar refractivity (Wildman–Crippen MR) is 103 cm³/mol. The summed E-state index contributed by atoms with van der Waals surface area (Å²) < 4.78 is 34.3. The fourth-order valence-corrected chi connectivity index (χ4v) is 5.56. The molecule has 0 heterocycles. The van der Waals surface area contributed by atoms with Crippen molar-refractivity contribution in [3.05, 3.63) is 0 Å². The molecule has 0 spiro atoms. The van der Waals surface area contributed by atoms with E-state index in [-0.39, 0.29) is 0 Å². The number of rotatable bonds is 17. The van der Waals surface area contributed by atoms with E-state index in [0.717, 1.165) is 0 Å². The zero-order valence-electron chi connectivity index (χ0n) is 17.5. The van der Waals surface area contributed by atoms with E-state index in [1.807, 2.05) is 20.8 Å². The van der Waals surface area contributed by atoms with Crippen LogP contribution in [0.2, 0.25) is 6.04 Å². The Labute approximate surface area is 164 Å². The van der Waals surface area contributed by atoms with Crippen LogP contribution in [0.3, 0.4) is 0 Å². The predicted octanol–water partition coefficient (Wildman–Crippen LogP) is 2.82. The summed E-state index contributed by atoms with van der Waals surface area (Å²) in [5.41, 5.74) is 0. The van der Waals surface area contributed by atoms with Gasteiger partial charge in [0.2, 0.25) is 0 Å². The van der Waals surface area contributed by atoms with E-state index >= 15 is 0 Å². The molecular formula is C17H37NO8Si. The molecule has 0 aliphatic heterocycles. The summed E-state index contributed by atoms with van der Waals surface area (Å²) in [4.78, 5) is 11.3. The molecule has 0 rings (SSSR count). The second-order valence-electron chi connectivity index (χ2n) is 5.55. The average molecular weight is 412 g/mol. The van der Waals surface area contributed by atoms with Crippen molar-refractivity contribution < 1.29 is 37.4 Å². The van der Waals surface area contributed by atoms with Gasteiger partial charge in [0.25, 0.3) is 0 Å². The molecule has 1 amide bonds. The van der Waals surface area contributed by atoms with Crippen molar-refractivity contribution in [2.24, 2.45) is 0 Å². The van der Waals surface area contributed by atoms with E-state index in [1.54, 1.807) is 13.8 Å². The number of methoxy groups -OCH3 is 1. The third-order valence-electron chi connectivity index (χ3n) is 3.77. The Hall–Kier alpha value is -0.753. The molecular weight excluding hydrogens is 374 g/mol. The first-order valence-electron chi connectivity index (χ1n) is 9.63. The van der Waals surface area contributed by atoms with E-state index in [0.29, 0.717) is 51.9 Å². The van der Waals surface area contributed by atoms with Crippen LogP contribution in [-0.2, 0) is 27.5 Å². The van der Waals surface area contributed by atoms with Gasteiger partial charge in [-0.05, 0) is 47.5 Å². The molecule has 9 nitrogen and oxygen atoms in total. The lowest BCUT2D eigenvalue weighted by molar-refractivity contribution is -0.381. The summed E-state index contributed by atoms with van der Waals surface area (Å²) in [5.74, 6) is -1.49. The molecule has 0 aliphatic rings. The summed E-state index contributed by atoms with van der Waals surface area (Å²) in [6, 6.07) is -0.172. The quantitative estimate of drug-likeness (QED) is 0.278. The van der Waals surface area contributed by atoms with Gasteiger partial charge in [-0.1, -0.05) is 0 Å². The number of hydrogen-bond donors (Lipinski definition) is 2. The van der Waals surface area contributed by atoms with Crippen LogP contribution in [0, 0.1) is 0 Å². The smallest absolute Gasteiger partial charge is 0.465 e. The Morgan fingerprint density at radius 1 is 0.963 bits per heavy atom. The van der Waals surface area contributed by atoms with Crippen LogP contribution >= 0.6 is 0 Å². The minimum Gasteiger partial charge on any atom is -0.465 e. The van der Waals surface area contributed by atoms with Crippen molar-refractivity contribution in [2.45, 2.75) is 65.5 Å². The molecule has 0 bridgehead atoms. The summed E-state index contributed by atoms with van der Waals surface area (Å²) in [7, 11) is -1.37. The van der Waals surface area contributed by atoms with Crippen LogP contribution < -0.4 is 5.32 Å². The molecule has 0 aromatic carbocycles. The fraction of sp³-hybridized carbons (Fsp3) is 0.941. The second-order valence-corrected chi connectivity index (χ2v) is 8.28. The fourth-order valence-electron chi connectivity index (χ4n) is 2.92. The van der Waals surface area contributed by atoms with Gasteiger partial charge in [0, 0.05) is 46.2 Å². The Morgan fingerprint density at radius 3 is 1.78 bits per heavy atom. The zero-order chi connectivity index (χ0) is 20.8. The van der Waals surface area contributed by atoms with Crippen LogP contribution in [0.1, 0.15) is 47.5 Å². The van der Waals surface area contributed by atoms with Gasteiger partial charge in [0.1, 0.15) is 6.04 Å². The topological polar surface area (TPSA) is 105 Å². The number of ether oxygens (including phenoxy) is 3. The molecule has 0 aromatic heterocycles. The van der Waals surface area contributed by atoms with Crippen molar-refractivity contribution in [3.8, 4) is 0 Å². The highest BCUT2D eigenvalue weighted by Gasteiger charge is 2.45. The van der Waals surface area contributed by atoms with Crippen molar-refractivity contribution in [2.75, 3.05) is 40.1 Å². The molecule has 162 valence electrons. The zero-order valence-corrected chi connectivity index (χ0v) is 18.5. The largest absolute Gasteiger partial charge is 0.500 e. The molecule has 0 radical (unpaired) electrons. The lowest BCUT2D eigenvalue weighted by atomic mass is 10.1. The Kier molecular flexibility index (Phi) is 13.9. The third kappa shape index (κ3) is 8.86. The number of hydrogen-bond acceptors (Lipinski definition) is 7. The number of carboxylic acid groups (broad SMARTS) is 1. The Balaban J connectivity index is 5.29. The highest BCUT2D eigenvalue weighted by molar-refractivity contribution is 6.60. The first kappa shape index (κ1) is 26.2. The molecule has 1 unspecified atom stereocenters. The van der Waals surface area contributed by atoms with E-state index in [4.69, 9.17) is 27.5 Å². The first-order chi connectivity index (χ1) is 12.9. The van der Waals surface area contributed by atoms with Gasteiger partial charge >= 0.3 is 20.9 Å². The molecule has 0 saturated carbocycles. The maximum Gasteiger partial charge on any atom is 0.500 e. The minimum absolute atomic E-state index is 0.307. The molecule has 0 aliphatic carbocycles. The standard InChI is InChI=1S/C17H37NO8Si/c1-7-22-17(21-6,23-8-2)15(18-16(19)20)13-12-14-27(24-9-3,25-10-4)26-11-5/h15,18H,7-14H2,1-6H3,(H,19,20). The average Bonchev–Trinajstić information content (AvgIpc) is 2.61. The maximum atomic E-state index is 11.3. The maximum absolute atomic E-state index is 11.3. The van der Waals surface area contributed by atoms with E-state index in [9.17, 15) is 9.90 Å². The highest BCUT2D eigenvalue weighted by atomic mass is 28.4. The van der Waals surface area contributed by atoms with Crippen LogP contribution in [0.4, 0.5) is 4.79 Å². The first-order valence-corrected chi connectivity index (χ1v) is 11.6. The number of nitrogens with one attached hydrogen (secondary N) is 1. The van der Waals surface area contributed by atoms with Crippen molar-refractivity contribution in [1.82, 2.24) is 5.32 Å². The SMILES string of the molecule is CCOC(OC)(OCC)C(CCC[Si](OCC)(OCC)OCC)NC(=O)O. The number of carbonyl (C=O) groups is 1. The molecule has 2 N–H and O–H groups in total. The Bertz CT molecular complexity index is 376. The molecule has 10 heteroatoms. The molecule has 0 aromatic rings. The van der Waals surface area contributed by atoms with E-state index in [1.165, 1.54) is 7.11 Å². The van der Waals surface area contributed by atoms with Gasteiger partial charge in [-0.2, -0.15) is 0 Å². The van der Waals surface area contributed by atoms with Gasteiger partial charge in [0.05, 0.1) is 0 Å². The second kappa shape index (κ2) is 14.3. The highest BCUT2D eigenvalue weighted by Crippen LogP contribution is 2.26. The molecule has 0 saturated heterocycles. The van der Waals surface area contributed by atoms with Gasteiger partial charge in [-0.25, -0.2) is 4.79 Å². The van der Waals surface area contributed by atoms with Crippen molar-refractivity contribution in [3.63, 3.8) is 0 Å². The van der Waals surface area contributed by atoms with Crippen LogP contribution in [-0.4, -0.2) is 72.2 Å². The van der Waals surface area contributed by atoms with E-state index in [2.05, 4.69) is 5.32 Å². The molecule has 0 fully saturated rings. The van der Waals surface area contributed by atoms with E-state index < -0.39 is 26.9 Å². The monoisotopic (exact) mass is 411 g/mol. The van der Waals surface area contributed by atoms with Gasteiger partial charge in [-0.15, -0.1) is 0 Å². The summed E-state index contributed by atoms with van der Waals surface area (Å²) >= 11 is 0. The number of amides is 1. The van der Waals surface area contributed by atoms with Crippen LogP contribution in [0.5, 0.6) is 0 Å². The minimum atomic E-state index is -2.81. The Morgan fingerprint density at radius 2 is 1.44 bits per heavy atom. The van der Waals surface area contributed by atoms with Crippen LogP contribution in [0.15, 0.2) is 0 Å². The lowest BCUT2D eigenvalue weighted by Gasteiger charge is -2.38. The molecule has 1 atom stereocenters. The normalized spacial score (nSPS) is 13.6. The van der Waals surface area contributed by atoms with Gasteiger partial charge < -0.3 is 37.9 Å². The van der Waals surface area contributed by atoms with Gasteiger partial charge in [0.15, 0.2) is 0 Å². The van der Waals surface area contributed by atoms with Gasteiger partial charge in [-0.3, -0.25) is 0 Å². The summed E-state index contributed by atoms with van der Waals surface area (Å²) in [6.07, 6.45) is -0.186. The summed E-state index contributed by atoms with van der Waals surface area (Å²) in [6.45, 7) is 11.4. The third-order valence-corrected chi connectivity index (χ3v) is 6.92. The summed E-state index contributed by atoms with van der Waals surface area (Å²) in [5, 5.41) is 11.7.